The summed E-state index contributed by atoms with van der Waals surface area (Å²) in [6.07, 6.45) is 7.10. The minimum absolute atomic E-state index is 0.120. The molecule has 0 radical (unpaired) electrons. The number of amides is 1. The number of nitrogens with zero attached hydrogens (tertiary/aromatic N) is 2. The van der Waals surface area contributed by atoms with Crippen LogP contribution in [0.2, 0.25) is 0 Å². The maximum atomic E-state index is 13.1. The Bertz CT molecular complexity index is 733. The van der Waals surface area contributed by atoms with Crippen LogP contribution in [0.15, 0.2) is 35.0 Å². The molecule has 0 spiro atoms. The Balaban J connectivity index is 1.41. The topological polar surface area (TPSA) is 68.0 Å². The summed E-state index contributed by atoms with van der Waals surface area (Å²) >= 11 is 0. The van der Waals surface area contributed by atoms with Gasteiger partial charge in [0, 0.05) is 5.56 Å². The molecule has 124 valence electrons. The Morgan fingerprint density at radius 3 is 2.25 bits per heavy atom. The molecule has 0 saturated heterocycles. The van der Waals surface area contributed by atoms with Gasteiger partial charge in [-0.1, -0.05) is 30.3 Å². The summed E-state index contributed by atoms with van der Waals surface area (Å²) < 4.78 is 4.91. The first-order valence-corrected chi connectivity index (χ1v) is 8.91. The predicted octanol–water partition coefficient (Wildman–Crippen LogP) is 3.89. The largest absolute Gasteiger partial charge is 0.305 e. The normalized spacial score (nSPS) is 33.6. The van der Waals surface area contributed by atoms with Gasteiger partial charge in [0.2, 0.25) is 11.7 Å². The van der Waals surface area contributed by atoms with E-state index in [2.05, 4.69) is 15.6 Å². The zero-order chi connectivity index (χ0) is 16.1. The average molecular weight is 323 g/mol. The summed E-state index contributed by atoms with van der Waals surface area (Å²) in [6, 6.07) is 9.72. The molecule has 5 nitrogen and oxygen atoms in total. The van der Waals surface area contributed by atoms with Crippen LogP contribution in [0.5, 0.6) is 0 Å². The standard InChI is InChI=1S/C19H21N3O2/c23-18(19-9-12-6-13(10-19)8-14(7-12)11-19)20-17-16(21-24-22-17)15-4-2-1-3-5-15/h1-5,12-14H,6-11H2,(H,20,22,23). The molecule has 24 heavy (non-hydrogen) atoms. The molecule has 0 unspecified atom stereocenters. The number of anilines is 1. The molecule has 0 atom stereocenters. The second-order valence-electron chi connectivity index (χ2n) is 7.98. The van der Waals surface area contributed by atoms with Gasteiger partial charge in [-0.2, -0.15) is 0 Å². The molecule has 0 aliphatic heterocycles. The van der Waals surface area contributed by atoms with E-state index in [1.165, 1.54) is 19.3 Å². The smallest absolute Gasteiger partial charge is 0.231 e. The molecule has 1 N–H and O–H groups in total. The van der Waals surface area contributed by atoms with Crippen LogP contribution in [0.25, 0.3) is 11.3 Å². The Morgan fingerprint density at radius 1 is 1.00 bits per heavy atom. The van der Waals surface area contributed by atoms with Gasteiger partial charge in [-0.3, -0.25) is 4.79 Å². The lowest BCUT2D eigenvalue weighted by Crippen LogP contribution is -2.51. The van der Waals surface area contributed by atoms with E-state index < -0.39 is 0 Å². The van der Waals surface area contributed by atoms with Crippen molar-refractivity contribution in [1.29, 1.82) is 0 Å². The van der Waals surface area contributed by atoms with E-state index in [-0.39, 0.29) is 11.3 Å². The lowest BCUT2D eigenvalue weighted by atomic mass is 9.49. The van der Waals surface area contributed by atoms with Crippen LogP contribution in [0.3, 0.4) is 0 Å². The first-order chi connectivity index (χ1) is 11.7. The van der Waals surface area contributed by atoms with Crippen molar-refractivity contribution in [1.82, 2.24) is 10.3 Å². The third kappa shape index (κ3) is 2.18. The summed E-state index contributed by atoms with van der Waals surface area (Å²) in [6.45, 7) is 0. The van der Waals surface area contributed by atoms with Gasteiger partial charge in [0.1, 0.15) is 0 Å². The van der Waals surface area contributed by atoms with Crippen molar-refractivity contribution in [3.63, 3.8) is 0 Å². The van der Waals surface area contributed by atoms with Gasteiger partial charge in [-0.15, -0.1) is 0 Å². The Labute approximate surface area is 140 Å². The fourth-order valence-electron chi connectivity index (χ4n) is 5.68. The molecule has 4 aliphatic carbocycles. The third-order valence-electron chi connectivity index (χ3n) is 6.29. The van der Waals surface area contributed by atoms with Gasteiger partial charge < -0.3 is 5.32 Å². The number of rotatable bonds is 3. The highest BCUT2D eigenvalue weighted by atomic mass is 16.6. The van der Waals surface area contributed by atoms with Crippen molar-refractivity contribution in [2.45, 2.75) is 38.5 Å². The SMILES string of the molecule is O=C(Nc1nonc1-c1ccccc1)C12CC3CC(CC(C3)C1)C2. The van der Waals surface area contributed by atoms with E-state index in [4.69, 9.17) is 4.63 Å². The lowest BCUT2D eigenvalue weighted by Gasteiger charge is -2.55. The predicted molar refractivity (Wildman–Crippen MR) is 89.0 cm³/mol. The number of hydrogen-bond acceptors (Lipinski definition) is 4. The molecule has 5 heteroatoms. The molecular formula is C19H21N3O2. The van der Waals surface area contributed by atoms with E-state index >= 15 is 0 Å². The van der Waals surface area contributed by atoms with Crippen molar-refractivity contribution >= 4 is 11.7 Å². The van der Waals surface area contributed by atoms with Gasteiger partial charge in [-0.25, -0.2) is 4.63 Å². The number of carbonyl (C=O) groups is 1. The zero-order valence-corrected chi connectivity index (χ0v) is 13.6. The molecular weight excluding hydrogens is 302 g/mol. The van der Waals surface area contributed by atoms with Gasteiger partial charge >= 0.3 is 0 Å². The molecule has 4 aliphatic rings. The number of benzene rings is 1. The van der Waals surface area contributed by atoms with Gasteiger partial charge in [0.15, 0.2) is 5.69 Å². The van der Waals surface area contributed by atoms with Gasteiger partial charge in [0.05, 0.1) is 5.41 Å². The molecule has 1 amide bonds. The van der Waals surface area contributed by atoms with Gasteiger partial charge in [-0.05, 0) is 66.6 Å². The minimum Gasteiger partial charge on any atom is -0.305 e. The van der Waals surface area contributed by atoms with Crippen LogP contribution in [0.4, 0.5) is 5.82 Å². The Morgan fingerprint density at radius 2 is 1.62 bits per heavy atom. The van der Waals surface area contributed by atoms with Gasteiger partial charge in [0.25, 0.3) is 0 Å². The number of aromatic nitrogens is 2. The zero-order valence-electron chi connectivity index (χ0n) is 13.6. The van der Waals surface area contributed by atoms with E-state index in [0.29, 0.717) is 11.5 Å². The van der Waals surface area contributed by atoms with Crippen molar-refractivity contribution in [2.75, 3.05) is 5.32 Å². The first-order valence-electron chi connectivity index (χ1n) is 8.91. The minimum atomic E-state index is -0.193. The highest BCUT2D eigenvalue weighted by Gasteiger charge is 2.54. The first kappa shape index (κ1) is 14.2. The van der Waals surface area contributed by atoms with Crippen LogP contribution in [-0.2, 0) is 4.79 Å². The quantitative estimate of drug-likeness (QED) is 0.930. The van der Waals surface area contributed by atoms with E-state index in [9.17, 15) is 4.79 Å². The summed E-state index contributed by atoms with van der Waals surface area (Å²) in [4.78, 5) is 13.1. The number of hydrogen-bond donors (Lipinski definition) is 1. The number of nitrogens with one attached hydrogen (secondary N) is 1. The van der Waals surface area contributed by atoms with Crippen LogP contribution >= 0.6 is 0 Å². The summed E-state index contributed by atoms with van der Waals surface area (Å²) in [5, 5.41) is 11.0. The van der Waals surface area contributed by atoms with E-state index in [0.717, 1.165) is 42.6 Å². The van der Waals surface area contributed by atoms with Crippen molar-refractivity contribution in [2.24, 2.45) is 23.2 Å². The van der Waals surface area contributed by atoms with Crippen LogP contribution in [0.1, 0.15) is 38.5 Å². The third-order valence-corrected chi connectivity index (χ3v) is 6.29. The fourth-order valence-corrected chi connectivity index (χ4v) is 5.68. The fraction of sp³-hybridized carbons (Fsp3) is 0.526. The summed E-state index contributed by atoms with van der Waals surface area (Å²) in [5.74, 6) is 2.79. The second-order valence-corrected chi connectivity index (χ2v) is 7.98. The molecule has 2 aromatic rings. The Hall–Kier alpha value is -2.17. The molecule has 4 saturated carbocycles. The molecule has 4 fully saturated rings. The molecule has 6 rings (SSSR count). The van der Waals surface area contributed by atoms with Crippen molar-refractivity contribution in [3.05, 3.63) is 30.3 Å². The Kier molecular flexibility index (Phi) is 3.05. The maximum Gasteiger partial charge on any atom is 0.231 e. The monoisotopic (exact) mass is 323 g/mol. The van der Waals surface area contributed by atoms with Crippen LogP contribution in [0, 0.1) is 23.2 Å². The lowest BCUT2D eigenvalue weighted by molar-refractivity contribution is -0.140. The maximum absolute atomic E-state index is 13.1. The highest BCUT2D eigenvalue weighted by molar-refractivity contribution is 5.97. The highest BCUT2D eigenvalue weighted by Crippen LogP contribution is 2.60. The van der Waals surface area contributed by atoms with Crippen molar-refractivity contribution < 1.29 is 9.42 Å². The average Bonchev–Trinajstić information content (AvgIpc) is 3.02. The molecule has 1 aromatic heterocycles. The van der Waals surface area contributed by atoms with E-state index in [1.807, 2.05) is 30.3 Å². The molecule has 1 heterocycles. The van der Waals surface area contributed by atoms with E-state index in [1.54, 1.807) is 0 Å². The molecule has 4 bridgehead atoms. The van der Waals surface area contributed by atoms with Crippen LogP contribution < -0.4 is 5.32 Å². The summed E-state index contributed by atoms with van der Waals surface area (Å²) in [7, 11) is 0. The summed E-state index contributed by atoms with van der Waals surface area (Å²) in [5.41, 5.74) is 1.31. The van der Waals surface area contributed by atoms with Crippen molar-refractivity contribution in [3.8, 4) is 11.3 Å². The molecule has 1 aromatic carbocycles. The number of carbonyl (C=O) groups excluding carboxylic acids is 1. The second kappa shape index (κ2) is 5.16. The van der Waals surface area contributed by atoms with Crippen LogP contribution in [-0.4, -0.2) is 16.2 Å².